The molecule has 0 unspecified atom stereocenters. The zero-order valence-electron chi connectivity index (χ0n) is 23.1. The van der Waals surface area contributed by atoms with Gasteiger partial charge in [0, 0.05) is 70.1 Å². The van der Waals surface area contributed by atoms with Crippen LogP contribution in [0.2, 0.25) is 0 Å². The van der Waals surface area contributed by atoms with Crippen LogP contribution in [0.15, 0.2) is 28.7 Å². The van der Waals surface area contributed by atoms with Crippen molar-refractivity contribution < 1.29 is 13.9 Å². The van der Waals surface area contributed by atoms with Gasteiger partial charge in [0.2, 0.25) is 5.95 Å². The van der Waals surface area contributed by atoms with E-state index in [4.69, 9.17) is 14.1 Å². The maximum atomic E-state index is 13.6. The summed E-state index contributed by atoms with van der Waals surface area (Å²) in [6.07, 6.45) is 8.55. The van der Waals surface area contributed by atoms with E-state index in [0.29, 0.717) is 5.92 Å². The minimum absolute atomic E-state index is 0.111. The number of hydrogen-bond donors (Lipinski definition) is 0. The molecule has 1 aromatic carbocycles. The SMILES string of the molecule is CCCCc1oc2ccccc2c1C(=O)N1CCC(OCCCN2CCN(c3nsc(C4CC4)n3)CC2)CC1. The first kappa shape index (κ1) is 26.7. The Hall–Kier alpha value is -2.49. The summed E-state index contributed by atoms with van der Waals surface area (Å²) >= 11 is 1.59. The van der Waals surface area contributed by atoms with Crippen LogP contribution in [-0.4, -0.2) is 83.6 Å². The number of piperazine rings is 1. The van der Waals surface area contributed by atoms with E-state index in [-0.39, 0.29) is 12.0 Å². The Morgan fingerprint density at radius 2 is 1.85 bits per heavy atom. The molecule has 0 atom stereocenters. The van der Waals surface area contributed by atoms with Crippen LogP contribution >= 0.6 is 11.5 Å². The number of fused-ring (bicyclic) bond motifs is 1. The molecule has 3 aliphatic rings. The summed E-state index contributed by atoms with van der Waals surface area (Å²) in [6.45, 7) is 9.61. The number of carbonyl (C=O) groups is 1. The Bertz CT molecular complexity index is 1240. The highest BCUT2D eigenvalue weighted by Gasteiger charge is 2.30. The van der Waals surface area contributed by atoms with E-state index >= 15 is 0 Å². The molecular weight excluding hydrogens is 510 g/mol. The van der Waals surface area contributed by atoms with Crippen molar-refractivity contribution in [3.63, 3.8) is 0 Å². The van der Waals surface area contributed by atoms with Crippen molar-refractivity contribution in [2.24, 2.45) is 0 Å². The van der Waals surface area contributed by atoms with Gasteiger partial charge in [0.25, 0.3) is 5.91 Å². The molecule has 3 aromatic rings. The van der Waals surface area contributed by atoms with Gasteiger partial charge in [0.1, 0.15) is 16.4 Å². The number of rotatable bonds is 11. The average Bonchev–Trinajstić information content (AvgIpc) is 3.59. The number of nitrogens with zero attached hydrogens (tertiary/aromatic N) is 5. The third-order valence-corrected chi connectivity index (χ3v) is 9.22. The van der Waals surface area contributed by atoms with Gasteiger partial charge in [0.05, 0.1) is 11.7 Å². The molecule has 9 heteroatoms. The van der Waals surface area contributed by atoms with Crippen molar-refractivity contribution >= 4 is 34.4 Å². The molecule has 1 aliphatic carbocycles. The highest BCUT2D eigenvalue weighted by molar-refractivity contribution is 7.05. The lowest BCUT2D eigenvalue weighted by atomic mass is 10.0. The molecule has 3 fully saturated rings. The summed E-state index contributed by atoms with van der Waals surface area (Å²) in [6, 6.07) is 7.93. The van der Waals surface area contributed by atoms with Crippen LogP contribution in [0.25, 0.3) is 11.0 Å². The standard InChI is InChI=1S/C30H41N5O3S/c1-2-3-8-26-27(24-7-4-5-9-25(24)38-26)29(36)34-15-12-23(13-16-34)37-21-6-14-33-17-19-35(20-18-33)30-31-28(39-32-30)22-10-11-22/h4-5,7,9,22-23H,2-3,6,8,10-21H2,1H3. The summed E-state index contributed by atoms with van der Waals surface area (Å²) in [5, 5.41) is 2.17. The van der Waals surface area contributed by atoms with Crippen LogP contribution < -0.4 is 4.90 Å². The van der Waals surface area contributed by atoms with Crippen LogP contribution in [0.3, 0.4) is 0 Å². The lowest BCUT2D eigenvalue weighted by molar-refractivity contribution is 0.00526. The topological polar surface area (TPSA) is 74.9 Å². The Kier molecular flexibility index (Phi) is 8.46. The van der Waals surface area contributed by atoms with Crippen molar-refractivity contribution in [3.05, 3.63) is 40.6 Å². The number of piperidine rings is 1. The van der Waals surface area contributed by atoms with Gasteiger partial charge in [-0.15, -0.1) is 0 Å². The summed E-state index contributed by atoms with van der Waals surface area (Å²) in [5.74, 6) is 2.58. The van der Waals surface area contributed by atoms with Crippen molar-refractivity contribution in [1.82, 2.24) is 19.2 Å². The second-order valence-corrected chi connectivity index (χ2v) is 12.0. The molecular formula is C30H41N5O3S. The fourth-order valence-corrected chi connectivity index (χ4v) is 6.63. The lowest BCUT2D eigenvalue weighted by Gasteiger charge is -2.34. The predicted molar refractivity (Wildman–Crippen MR) is 155 cm³/mol. The number of para-hydroxylation sites is 1. The molecule has 8 nitrogen and oxygen atoms in total. The molecule has 1 saturated carbocycles. The summed E-state index contributed by atoms with van der Waals surface area (Å²) in [4.78, 5) is 25.2. The highest BCUT2D eigenvalue weighted by Crippen LogP contribution is 2.41. The van der Waals surface area contributed by atoms with Crippen LogP contribution in [0, 0.1) is 0 Å². The first-order valence-corrected chi connectivity index (χ1v) is 15.7. The molecule has 1 amide bonds. The van der Waals surface area contributed by atoms with E-state index in [0.717, 1.165) is 119 Å². The number of benzene rings is 1. The van der Waals surface area contributed by atoms with Crippen molar-refractivity contribution in [1.29, 1.82) is 0 Å². The molecule has 4 heterocycles. The van der Waals surface area contributed by atoms with Crippen LogP contribution in [0.1, 0.15) is 78.9 Å². The molecule has 2 aliphatic heterocycles. The molecule has 210 valence electrons. The number of amides is 1. The fraction of sp³-hybridized carbons (Fsp3) is 0.633. The van der Waals surface area contributed by atoms with E-state index in [9.17, 15) is 4.79 Å². The first-order valence-electron chi connectivity index (χ1n) is 14.9. The molecule has 39 heavy (non-hydrogen) atoms. The largest absolute Gasteiger partial charge is 0.460 e. The van der Waals surface area contributed by atoms with Crippen molar-refractivity contribution in [2.45, 2.75) is 70.3 Å². The number of furan rings is 1. The van der Waals surface area contributed by atoms with Crippen LogP contribution in [0.5, 0.6) is 0 Å². The zero-order chi connectivity index (χ0) is 26.6. The Morgan fingerprint density at radius 3 is 2.62 bits per heavy atom. The van der Waals surface area contributed by atoms with E-state index < -0.39 is 0 Å². The van der Waals surface area contributed by atoms with E-state index in [1.54, 1.807) is 11.5 Å². The van der Waals surface area contributed by atoms with Gasteiger partial charge in [-0.05, 0) is 56.1 Å². The number of anilines is 1. The number of ether oxygens (including phenoxy) is 1. The highest BCUT2D eigenvalue weighted by atomic mass is 32.1. The smallest absolute Gasteiger partial charge is 0.258 e. The normalized spacial score (nSPS) is 19.3. The molecule has 0 bridgehead atoms. The second-order valence-electron chi connectivity index (χ2n) is 11.3. The number of carbonyl (C=O) groups excluding carboxylic acids is 1. The van der Waals surface area contributed by atoms with Gasteiger partial charge in [-0.1, -0.05) is 31.5 Å². The predicted octanol–water partition coefficient (Wildman–Crippen LogP) is 5.34. The van der Waals surface area contributed by atoms with Gasteiger partial charge in [0.15, 0.2) is 0 Å². The van der Waals surface area contributed by atoms with Crippen LogP contribution in [0.4, 0.5) is 5.95 Å². The zero-order valence-corrected chi connectivity index (χ0v) is 24.0. The van der Waals surface area contributed by atoms with Gasteiger partial charge < -0.3 is 19.0 Å². The monoisotopic (exact) mass is 551 g/mol. The number of aryl methyl sites for hydroxylation is 1. The van der Waals surface area contributed by atoms with Crippen molar-refractivity contribution in [2.75, 3.05) is 57.3 Å². The molecule has 0 N–H and O–H groups in total. The number of unbranched alkanes of at least 4 members (excludes halogenated alkanes) is 1. The number of likely N-dealkylation sites (tertiary alicyclic amines) is 1. The molecule has 2 saturated heterocycles. The van der Waals surface area contributed by atoms with Crippen LogP contribution in [-0.2, 0) is 11.2 Å². The average molecular weight is 552 g/mol. The van der Waals surface area contributed by atoms with Gasteiger partial charge in [-0.25, -0.2) is 4.98 Å². The fourth-order valence-electron chi connectivity index (χ4n) is 5.79. The molecule has 6 rings (SSSR count). The minimum atomic E-state index is 0.111. The molecule has 2 aromatic heterocycles. The summed E-state index contributed by atoms with van der Waals surface area (Å²) < 4.78 is 17.0. The van der Waals surface area contributed by atoms with Crippen molar-refractivity contribution in [3.8, 4) is 0 Å². The molecule has 0 spiro atoms. The molecule has 0 radical (unpaired) electrons. The van der Waals surface area contributed by atoms with E-state index in [2.05, 4.69) is 21.1 Å². The quantitative estimate of drug-likeness (QED) is 0.298. The maximum absolute atomic E-state index is 13.6. The lowest BCUT2D eigenvalue weighted by Crippen LogP contribution is -2.47. The second kappa shape index (κ2) is 12.4. The summed E-state index contributed by atoms with van der Waals surface area (Å²) in [7, 11) is 0. The Morgan fingerprint density at radius 1 is 1.05 bits per heavy atom. The minimum Gasteiger partial charge on any atom is -0.460 e. The van der Waals surface area contributed by atoms with Gasteiger partial charge in [-0.2, -0.15) is 4.37 Å². The first-order chi connectivity index (χ1) is 19.2. The Labute approximate surface area is 235 Å². The third-order valence-electron chi connectivity index (χ3n) is 8.35. The van der Waals surface area contributed by atoms with E-state index in [1.165, 1.54) is 17.8 Å². The number of aromatic nitrogens is 2. The number of hydrogen-bond acceptors (Lipinski definition) is 8. The van der Waals surface area contributed by atoms with E-state index in [1.807, 2.05) is 29.2 Å². The maximum Gasteiger partial charge on any atom is 0.258 e. The van der Waals surface area contributed by atoms with Gasteiger partial charge >= 0.3 is 0 Å². The third kappa shape index (κ3) is 6.31. The summed E-state index contributed by atoms with van der Waals surface area (Å²) in [5.41, 5.74) is 1.58. The van der Waals surface area contributed by atoms with Gasteiger partial charge in [-0.3, -0.25) is 9.69 Å². The Balaban J connectivity index is 0.912.